The van der Waals surface area contributed by atoms with Gasteiger partial charge in [0.15, 0.2) is 0 Å². The van der Waals surface area contributed by atoms with Gasteiger partial charge < -0.3 is 21.5 Å². The first kappa shape index (κ1) is 9.53. The van der Waals surface area contributed by atoms with Crippen molar-refractivity contribution in [1.82, 2.24) is 0 Å². The average Bonchev–Trinajstić information content (AvgIpc) is 2.17. The Labute approximate surface area is 80.1 Å². The van der Waals surface area contributed by atoms with Crippen LogP contribution in [0.5, 0.6) is 0 Å². The SMILES string of the molecule is C[N+]1(C)C2CCCC1CC2.[Br-]. The fourth-order valence-corrected chi connectivity index (χ4v) is 2.89. The molecule has 0 aromatic carbocycles. The van der Waals surface area contributed by atoms with Crippen molar-refractivity contribution in [3.63, 3.8) is 0 Å². The summed E-state index contributed by atoms with van der Waals surface area (Å²) in [5.41, 5.74) is 0. The standard InChI is InChI=1S/C9H18N.BrH/c1-10(2)8-4-3-5-9(10)7-6-8;/h8-9H,3-7H2,1-2H3;1H/q+1;/p-1. The van der Waals surface area contributed by atoms with Crippen LogP contribution in [0.25, 0.3) is 0 Å². The summed E-state index contributed by atoms with van der Waals surface area (Å²) in [4.78, 5) is 0. The fourth-order valence-electron chi connectivity index (χ4n) is 2.89. The molecule has 1 nitrogen and oxygen atoms in total. The highest BCUT2D eigenvalue weighted by Crippen LogP contribution is 2.39. The summed E-state index contributed by atoms with van der Waals surface area (Å²) in [6.07, 6.45) is 7.47. The monoisotopic (exact) mass is 219 g/mol. The van der Waals surface area contributed by atoms with E-state index in [2.05, 4.69) is 14.1 Å². The largest absolute Gasteiger partial charge is 1.00 e. The number of hydrogen-bond acceptors (Lipinski definition) is 0. The third-order valence-electron chi connectivity index (χ3n) is 3.79. The third kappa shape index (κ3) is 1.35. The van der Waals surface area contributed by atoms with E-state index in [-0.39, 0.29) is 17.0 Å². The topological polar surface area (TPSA) is 0 Å². The Morgan fingerprint density at radius 2 is 1.36 bits per heavy atom. The number of rotatable bonds is 0. The van der Waals surface area contributed by atoms with Gasteiger partial charge in [0.1, 0.15) is 0 Å². The highest BCUT2D eigenvalue weighted by Gasteiger charge is 2.45. The van der Waals surface area contributed by atoms with Gasteiger partial charge in [-0.3, -0.25) is 0 Å². The molecule has 2 aliphatic rings. The number of fused-ring (bicyclic) bond motifs is 2. The molecule has 2 heteroatoms. The van der Waals surface area contributed by atoms with Crippen molar-refractivity contribution in [3.05, 3.63) is 0 Å². The van der Waals surface area contributed by atoms with Gasteiger partial charge in [0, 0.05) is 12.8 Å². The van der Waals surface area contributed by atoms with Gasteiger partial charge in [0.25, 0.3) is 0 Å². The molecule has 2 rings (SSSR count). The Morgan fingerprint density at radius 1 is 0.909 bits per heavy atom. The summed E-state index contributed by atoms with van der Waals surface area (Å²) in [6.45, 7) is 0. The lowest BCUT2D eigenvalue weighted by molar-refractivity contribution is -0.930. The molecule has 2 unspecified atom stereocenters. The van der Waals surface area contributed by atoms with Crippen LogP contribution in [0.4, 0.5) is 0 Å². The molecule has 0 aromatic rings. The zero-order valence-corrected chi connectivity index (χ0v) is 9.10. The van der Waals surface area contributed by atoms with Gasteiger partial charge >= 0.3 is 0 Å². The minimum Gasteiger partial charge on any atom is -1.00 e. The fraction of sp³-hybridized carbons (Fsp3) is 1.00. The Morgan fingerprint density at radius 3 is 1.73 bits per heavy atom. The van der Waals surface area contributed by atoms with E-state index in [4.69, 9.17) is 0 Å². The summed E-state index contributed by atoms with van der Waals surface area (Å²) in [5, 5.41) is 0. The predicted octanol–water partition coefficient (Wildman–Crippen LogP) is -1.22. The molecule has 0 aliphatic carbocycles. The van der Waals surface area contributed by atoms with Crippen LogP contribution in [-0.4, -0.2) is 30.7 Å². The first-order chi connectivity index (χ1) is 4.71. The molecule has 0 saturated carbocycles. The number of halogens is 1. The minimum atomic E-state index is 0. The number of hydrogen-bond donors (Lipinski definition) is 0. The van der Waals surface area contributed by atoms with Crippen LogP contribution < -0.4 is 17.0 Å². The highest BCUT2D eigenvalue weighted by molar-refractivity contribution is 4.79. The summed E-state index contributed by atoms with van der Waals surface area (Å²) in [6, 6.07) is 2.03. The van der Waals surface area contributed by atoms with Crippen molar-refractivity contribution >= 4 is 0 Å². The molecule has 0 aromatic heterocycles. The maximum atomic E-state index is 2.42. The van der Waals surface area contributed by atoms with Crippen LogP contribution >= 0.6 is 0 Å². The van der Waals surface area contributed by atoms with Crippen LogP contribution in [0, 0.1) is 0 Å². The molecule has 0 N–H and O–H groups in total. The van der Waals surface area contributed by atoms with Crippen LogP contribution in [-0.2, 0) is 0 Å². The van der Waals surface area contributed by atoms with Crippen molar-refractivity contribution < 1.29 is 21.5 Å². The minimum absolute atomic E-state index is 0. The maximum Gasteiger partial charge on any atom is 0.0890 e. The second kappa shape index (κ2) is 3.06. The molecule has 2 atom stereocenters. The van der Waals surface area contributed by atoms with E-state index in [9.17, 15) is 0 Å². The van der Waals surface area contributed by atoms with Gasteiger partial charge in [0.05, 0.1) is 26.2 Å². The van der Waals surface area contributed by atoms with Crippen LogP contribution in [0.2, 0.25) is 0 Å². The smallest absolute Gasteiger partial charge is 0.0890 e. The van der Waals surface area contributed by atoms with Crippen molar-refractivity contribution in [1.29, 1.82) is 0 Å². The molecule has 0 amide bonds. The first-order valence-corrected chi connectivity index (χ1v) is 4.54. The molecule has 0 radical (unpaired) electrons. The van der Waals surface area contributed by atoms with E-state index in [1.54, 1.807) is 0 Å². The summed E-state index contributed by atoms with van der Waals surface area (Å²) < 4.78 is 1.33. The highest BCUT2D eigenvalue weighted by atomic mass is 79.9. The molecule has 2 heterocycles. The molecule has 2 saturated heterocycles. The van der Waals surface area contributed by atoms with Crippen LogP contribution in [0.3, 0.4) is 0 Å². The van der Waals surface area contributed by atoms with Crippen LogP contribution in [0.1, 0.15) is 32.1 Å². The predicted molar refractivity (Wildman–Crippen MR) is 42.8 cm³/mol. The van der Waals surface area contributed by atoms with Crippen molar-refractivity contribution in [3.8, 4) is 0 Å². The number of piperidine rings is 1. The number of quaternary nitrogens is 1. The summed E-state index contributed by atoms with van der Waals surface area (Å²) >= 11 is 0. The molecule has 0 spiro atoms. The zero-order valence-electron chi connectivity index (χ0n) is 7.52. The molecule has 11 heavy (non-hydrogen) atoms. The second-order valence-electron chi connectivity index (χ2n) is 4.44. The van der Waals surface area contributed by atoms with Gasteiger partial charge in [-0.2, -0.15) is 0 Å². The maximum absolute atomic E-state index is 2.42. The van der Waals surface area contributed by atoms with E-state index >= 15 is 0 Å². The van der Waals surface area contributed by atoms with Gasteiger partial charge in [-0.1, -0.05) is 0 Å². The summed E-state index contributed by atoms with van der Waals surface area (Å²) in [7, 11) is 4.84. The Balaban J connectivity index is 0.000000605. The van der Waals surface area contributed by atoms with Gasteiger partial charge in [-0.15, -0.1) is 0 Å². The van der Waals surface area contributed by atoms with E-state index < -0.39 is 0 Å². The van der Waals surface area contributed by atoms with Gasteiger partial charge in [0.2, 0.25) is 0 Å². The van der Waals surface area contributed by atoms with Crippen molar-refractivity contribution in [2.24, 2.45) is 0 Å². The lowest BCUT2D eigenvalue weighted by atomic mass is 10.0. The van der Waals surface area contributed by atoms with E-state index in [0.717, 1.165) is 12.1 Å². The van der Waals surface area contributed by atoms with Gasteiger partial charge in [-0.05, 0) is 19.3 Å². The molecule has 66 valence electrons. The van der Waals surface area contributed by atoms with Gasteiger partial charge in [-0.25, -0.2) is 0 Å². The zero-order chi connectivity index (χ0) is 7.19. The Hall–Kier alpha value is 0.440. The number of nitrogens with zero attached hydrogens (tertiary/aromatic N) is 1. The lowest BCUT2D eigenvalue weighted by Gasteiger charge is -2.41. The molecular weight excluding hydrogens is 202 g/mol. The summed E-state index contributed by atoms with van der Waals surface area (Å²) in [5.74, 6) is 0. The Bertz CT molecular complexity index is 126. The normalized spacial score (nSPS) is 39.8. The molecule has 2 aliphatic heterocycles. The van der Waals surface area contributed by atoms with E-state index in [1.165, 1.54) is 36.6 Å². The van der Waals surface area contributed by atoms with E-state index in [1.807, 2.05) is 0 Å². The molecular formula is C9H18BrN. The average molecular weight is 220 g/mol. The Kier molecular flexibility index (Phi) is 2.65. The van der Waals surface area contributed by atoms with Crippen molar-refractivity contribution in [2.45, 2.75) is 44.2 Å². The van der Waals surface area contributed by atoms with E-state index in [0.29, 0.717) is 0 Å². The lowest BCUT2D eigenvalue weighted by Crippen LogP contribution is -3.00. The first-order valence-electron chi connectivity index (χ1n) is 4.54. The van der Waals surface area contributed by atoms with Crippen LogP contribution in [0.15, 0.2) is 0 Å². The second-order valence-corrected chi connectivity index (χ2v) is 4.44. The quantitative estimate of drug-likeness (QED) is 0.449. The third-order valence-corrected chi connectivity index (χ3v) is 3.79. The molecule has 2 fully saturated rings. The molecule has 2 bridgehead atoms. The van der Waals surface area contributed by atoms with Crippen molar-refractivity contribution in [2.75, 3.05) is 14.1 Å².